The van der Waals surface area contributed by atoms with Gasteiger partial charge in [-0.05, 0) is 37.6 Å². The van der Waals surface area contributed by atoms with Crippen molar-refractivity contribution in [2.45, 2.75) is 26.1 Å². The summed E-state index contributed by atoms with van der Waals surface area (Å²) in [6, 6.07) is 4.89. The molecule has 33 heavy (non-hydrogen) atoms. The fraction of sp³-hybridized carbons (Fsp3) is 0.261. The van der Waals surface area contributed by atoms with Crippen LogP contribution in [0, 0.1) is 6.92 Å². The molecule has 0 saturated heterocycles. The zero-order valence-electron chi connectivity index (χ0n) is 17.9. The van der Waals surface area contributed by atoms with E-state index in [1.807, 2.05) is 11.0 Å². The molecule has 0 bridgehead atoms. The molecule has 1 aromatic carbocycles. The number of halogens is 3. The SMILES string of the molecule is Cc1nc(N[C@H](C)c2cccc(C(F)(F)F)c2)c2c(n1)N1CCN=C1C(c1cncnc1)=C2. The van der Waals surface area contributed by atoms with Gasteiger partial charge < -0.3 is 10.2 Å². The van der Waals surface area contributed by atoms with Gasteiger partial charge in [-0.2, -0.15) is 13.2 Å². The number of aromatic nitrogens is 4. The van der Waals surface area contributed by atoms with Crippen molar-refractivity contribution in [2.24, 2.45) is 4.99 Å². The van der Waals surface area contributed by atoms with Gasteiger partial charge in [0, 0.05) is 36.1 Å². The van der Waals surface area contributed by atoms with Crippen LogP contribution < -0.4 is 10.2 Å². The molecule has 1 N–H and O–H groups in total. The average molecular weight is 451 g/mol. The summed E-state index contributed by atoms with van der Waals surface area (Å²) in [6.07, 6.45) is 2.44. The molecular weight excluding hydrogens is 431 g/mol. The second-order valence-electron chi connectivity index (χ2n) is 7.89. The molecule has 10 heteroatoms. The predicted octanol–water partition coefficient (Wildman–Crippen LogP) is 4.54. The highest BCUT2D eigenvalue weighted by atomic mass is 19.4. The fourth-order valence-electron chi connectivity index (χ4n) is 4.03. The van der Waals surface area contributed by atoms with Gasteiger partial charge in [0.2, 0.25) is 0 Å². The van der Waals surface area contributed by atoms with Crippen molar-refractivity contribution < 1.29 is 13.2 Å². The molecule has 7 nitrogen and oxygen atoms in total. The van der Waals surface area contributed by atoms with Gasteiger partial charge in [-0.3, -0.25) is 4.99 Å². The number of hydrogen-bond donors (Lipinski definition) is 1. The van der Waals surface area contributed by atoms with E-state index in [9.17, 15) is 13.2 Å². The molecule has 1 atom stereocenters. The van der Waals surface area contributed by atoms with Crippen molar-refractivity contribution in [1.82, 2.24) is 19.9 Å². The van der Waals surface area contributed by atoms with Crippen molar-refractivity contribution >= 4 is 29.1 Å². The van der Waals surface area contributed by atoms with Crippen molar-refractivity contribution in [3.63, 3.8) is 0 Å². The first-order chi connectivity index (χ1) is 15.8. The van der Waals surface area contributed by atoms with Crippen LogP contribution in [0.4, 0.5) is 24.8 Å². The van der Waals surface area contributed by atoms with Crippen LogP contribution in [0.1, 0.15) is 41.0 Å². The second kappa shape index (κ2) is 7.95. The van der Waals surface area contributed by atoms with Gasteiger partial charge in [-0.25, -0.2) is 19.9 Å². The Labute approximate surface area is 188 Å². The average Bonchev–Trinajstić information content (AvgIpc) is 3.29. The van der Waals surface area contributed by atoms with Gasteiger partial charge in [-0.15, -0.1) is 0 Å². The lowest BCUT2D eigenvalue weighted by molar-refractivity contribution is -0.137. The van der Waals surface area contributed by atoms with Crippen LogP contribution in [0.15, 0.2) is 48.0 Å². The molecule has 5 rings (SSSR count). The summed E-state index contributed by atoms with van der Waals surface area (Å²) in [5.74, 6) is 2.62. The Kier molecular flexibility index (Phi) is 5.07. The number of aliphatic imine (C=N–C) groups is 1. The van der Waals surface area contributed by atoms with Gasteiger partial charge in [0.1, 0.15) is 29.6 Å². The van der Waals surface area contributed by atoms with Gasteiger partial charge in [0.15, 0.2) is 0 Å². The quantitative estimate of drug-likeness (QED) is 0.628. The van der Waals surface area contributed by atoms with Gasteiger partial charge in [0.05, 0.1) is 17.7 Å². The number of nitrogens with one attached hydrogen (secondary N) is 1. The summed E-state index contributed by atoms with van der Waals surface area (Å²) in [7, 11) is 0. The van der Waals surface area contributed by atoms with Gasteiger partial charge in [0.25, 0.3) is 0 Å². The van der Waals surface area contributed by atoms with E-state index < -0.39 is 17.8 Å². The molecule has 4 heterocycles. The van der Waals surface area contributed by atoms with E-state index in [-0.39, 0.29) is 0 Å². The lowest BCUT2D eigenvalue weighted by Crippen LogP contribution is -2.33. The molecular formula is C23H20F3N7. The molecule has 2 aromatic heterocycles. The minimum Gasteiger partial charge on any atom is -0.363 e. The van der Waals surface area contributed by atoms with Crippen molar-refractivity contribution in [3.05, 3.63) is 71.1 Å². The molecule has 2 aliphatic rings. The van der Waals surface area contributed by atoms with Crippen LogP contribution in [0.3, 0.4) is 0 Å². The van der Waals surface area contributed by atoms with E-state index in [1.54, 1.807) is 32.3 Å². The van der Waals surface area contributed by atoms with E-state index in [4.69, 9.17) is 0 Å². The summed E-state index contributed by atoms with van der Waals surface area (Å²) in [5.41, 5.74) is 2.24. The molecule has 0 saturated carbocycles. The largest absolute Gasteiger partial charge is 0.416 e. The Bertz CT molecular complexity index is 1270. The van der Waals surface area contributed by atoms with Crippen LogP contribution in [0.5, 0.6) is 0 Å². The van der Waals surface area contributed by atoms with Crippen LogP contribution >= 0.6 is 0 Å². The van der Waals surface area contributed by atoms with Crippen molar-refractivity contribution in [2.75, 3.05) is 23.3 Å². The van der Waals surface area contributed by atoms with Gasteiger partial charge >= 0.3 is 6.18 Å². The first-order valence-corrected chi connectivity index (χ1v) is 10.4. The lowest BCUT2D eigenvalue weighted by Gasteiger charge is -2.29. The molecule has 3 aromatic rings. The van der Waals surface area contributed by atoms with E-state index in [0.29, 0.717) is 30.3 Å². The number of aryl methyl sites for hydroxylation is 1. The molecule has 0 unspecified atom stereocenters. The van der Waals surface area contributed by atoms with Crippen molar-refractivity contribution in [1.29, 1.82) is 0 Å². The summed E-state index contributed by atoms with van der Waals surface area (Å²) < 4.78 is 39.6. The standard InChI is InChI=1S/C23H20F3N7/c1-13(15-4-3-5-17(8-15)23(24,25)26)30-20-19-9-18(16-10-27-12-28-11-16)21-29-6-7-33(21)22(19)32-14(2)31-20/h3-5,8-13H,6-7H2,1-2H3,(H,30,31,32)/t13-/m1/s1. The third-order valence-electron chi connectivity index (χ3n) is 5.60. The van der Waals surface area contributed by atoms with Crippen molar-refractivity contribution in [3.8, 4) is 0 Å². The number of benzene rings is 1. The maximum absolute atomic E-state index is 13.2. The number of rotatable bonds is 4. The third-order valence-corrected chi connectivity index (χ3v) is 5.60. The number of anilines is 2. The highest BCUT2D eigenvalue weighted by molar-refractivity contribution is 6.35. The molecule has 0 amide bonds. The Hall–Kier alpha value is -3.82. The highest BCUT2D eigenvalue weighted by Gasteiger charge is 2.33. The summed E-state index contributed by atoms with van der Waals surface area (Å²) in [4.78, 5) is 24.1. The zero-order valence-corrected chi connectivity index (χ0v) is 17.9. The highest BCUT2D eigenvalue weighted by Crippen LogP contribution is 2.39. The maximum Gasteiger partial charge on any atom is 0.416 e. The van der Waals surface area contributed by atoms with E-state index in [1.165, 1.54) is 12.4 Å². The third kappa shape index (κ3) is 3.92. The Morgan fingerprint density at radius 3 is 2.67 bits per heavy atom. The second-order valence-corrected chi connectivity index (χ2v) is 7.89. The first-order valence-electron chi connectivity index (χ1n) is 10.4. The topological polar surface area (TPSA) is 79.2 Å². The fourth-order valence-corrected chi connectivity index (χ4v) is 4.03. The molecule has 0 aliphatic carbocycles. The normalized spacial score (nSPS) is 16.0. The maximum atomic E-state index is 13.2. The lowest BCUT2D eigenvalue weighted by atomic mass is 9.99. The van der Waals surface area contributed by atoms with Gasteiger partial charge in [-0.1, -0.05) is 12.1 Å². The Morgan fingerprint density at radius 1 is 1.12 bits per heavy atom. The van der Waals surface area contributed by atoms with Crippen LogP contribution in [-0.4, -0.2) is 38.9 Å². The summed E-state index contributed by atoms with van der Waals surface area (Å²) >= 11 is 0. The first kappa shape index (κ1) is 21.0. The van der Waals surface area contributed by atoms with E-state index in [0.717, 1.165) is 40.5 Å². The summed E-state index contributed by atoms with van der Waals surface area (Å²) in [6.45, 7) is 4.90. The predicted molar refractivity (Wildman–Crippen MR) is 120 cm³/mol. The molecule has 0 radical (unpaired) electrons. The molecule has 0 fully saturated rings. The molecule has 2 aliphatic heterocycles. The minimum absolute atomic E-state index is 0.420. The van der Waals surface area contributed by atoms with E-state index >= 15 is 0 Å². The van der Waals surface area contributed by atoms with Crippen LogP contribution in [-0.2, 0) is 6.18 Å². The minimum atomic E-state index is -4.40. The number of hydrogen-bond acceptors (Lipinski definition) is 7. The monoisotopic (exact) mass is 451 g/mol. The molecule has 0 spiro atoms. The van der Waals surface area contributed by atoms with E-state index in [2.05, 4.69) is 30.2 Å². The zero-order chi connectivity index (χ0) is 23.2. The smallest absolute Gasteiger partial charge is 0.363 e. The Balaban J connectivity index is 1.57. The number of fused-ring (bicyclic) bond motifs is 3. The van der Waals surface area contributed by atoms with Crippen LogP contribution in [0.2, 0.25) is 0 Å². The number of amidine groups is 1. The number of nitrogens with zero attached hydrogens (tertiary/aromatic N) is 6. The van der Waals surface area contributed by atoms with Crippen LogP contribution in [0.25, 0.3) is 11.6 Å². The Morgan fingerprint density at radius 2 is 1.91 bits per heavy atom. The number of alkyl halides is 3. The summed E-state index contributed by atoms with van der Waals surface area (Å²) in [5, 5.41) is 3.30. The molecule has 168 valence electrons.